The first kappa shape index (κ1) is 26.4. The molecule has 0 bridgehead atoms. The van der Waals surface area contributed by atoms with Gasteiger partial charge in [0.25, 0.3) is 0 Å². The van der Waals surface area contributed by atoms with E-state index in [0.717, 1.165) is 15.9 Å². The van der Waals surface area contributed by atoms with Crippen LogP contribution in [0.15, 0.2) is 138 Å². The first-order chi connectivity index (χ1) is 18.6. The highest BCUT2D eigenvalue weighted by Gasteiger charge is 2.38. The van der Waals surface area contributed by atoms with E-state index in [-0.39, 0.29) is 10.9 Å². The molecule has 4 aromatic carbocycles. The third-order valence-electron chi connectivity index (χ3n) is 5.89. The van der Waals surface area contributed by atoms with Crippen LogP contribution in [0, 0.1) is 0 Å². The molecule has 38 heavy (non-hydrogen) atoms. The minimum Gasteiger partial charge on any atom is -0.465 e. The summed E-state index contributed by atoms with van der Waals surface area (Å²) in [5.41, 5.74) is 3.39. The van der Waals surface area contributed by atoms with Crippen molar-refractivity contribution in [2.75, 3.05) is 14.2 Å². The molecular formula is C32H26NO4P. The Labute approximate surface area is 222 Å². The fraction of sp³-hybridized carbons (Fsp3) is 0.0625. The van der Waals surface area contributed by atoms with Crippen molar-refractivity contribution in [3.63, 3.8) is 0 Å². The number of hydrogen-bond acceptors (Lipinski definition) is 5. The Kier molecular flexibility index (Phi) is 8.72. The van der Waals surface area contributed by atoms with Crippen LogP contribution in [0.3, 0.4) is 0 Å². The lowest BCUT2D eigenvalue weighted by molar-refractivity contribution is -0.137. The number of esters is 2. The summed E-state index contributed by atoms with van der Waals surface area (Å²) in [5, 5.41) is 2.73. The van der Waals surface area contributed by atoms with Gasteiger partial charge in [0.15, 0.2) is 0 Å². The van der Waals surface area contributed by atoms with Gasteiger partial charge >= 0.3 is 11.9 Å². The van der Waals surface area contributed by atoms with Crippen LogP contribution in [0.1, 0.15) is 0 Å². The van der Waals surface area contributed by atoms with Gasteiger partial charge in [-0.1, -0.05) is 109 Å². The molecule has 0 aromatic heterocycles. The monoisotopic (exact) mass is 519 g/mol. The van der Waals surface area contributed by atoms with E-state index in [1.807, 2.05) is 109 Å². The normalized spacial score (nSPS) is 10.4. The van der Waals surface area contributed by atoms with E-state index >= 15 is 0 Å². The zero-order valence-electron chi connectivity index (χ0n) is 21.1. The number of rotatable bonds is 7. The predicted octanol–water partition coefficient (Wildman–Crippen LogP) is 4.58. The van der Waals surface area contributed by atoms with Crippen LogP contribution >= 0.6 is 6.89 Å². The maximum atomic E-state index is 13.8. The van der Waals surface area contributed by atoms with Gasteiger partial charge < -0.3 is 9.47 Å². The number of carbonyl (C=O) groups is 2. The number of nitrogens with zero attached hydrogens (tertiary/aromatic N) is 1. The standard InChI is InChI=1S/C32H26NO4P/c1-36-31(34)29(23-24-33-25-15-7-3-8-16-25)30(32(35)37-2)38(26-17-9-4-10-18-26,27-19-11-5-12-20-27)28-21-13-6-14-22-28/h3-22H,1-2H3. The van der Waals surface area contributed by atoms with Gasteiger partial charge in [0, 0.05) is 5.87 Å². The van der Waals surface area contributed by atoms with Crippen molar-refractivity contribution < 1.29 is 19.1 Å². The average Bonchev–Trinajstić information content (AvgIpc) is 2.99. The van der Waals surface area contributed by atoms with Gasteiger partial charge in [0.2, 0.25) is 0 Å². The predicted molar refractivity (Wildman–Crippen MR) is 155 cm³/mol. The zero-order valence-corrected chi connectivity index (χ0v) is 22.0. The largest absolute Gasteiger partial charge is 0.465 e. The molecule has 0 unspecified atom stereocenters. The fourth-order valence-corrected chi connectivity index (χ4v) is 8.63. The number of para-hydroxylation sites is 1. The molecule has 0 spiro atoms. The summed E-state index contributed by atoms with van der Waals surface area (Å²) < 4.78 is 10.5. The summed E-state index contributed by atoms with van der Waals surface area (Å²) in [6.45, 7) is -3.01. The Morgan fingerprint density at radius 1 is 0.605 bits per heavy atom. The van der Waals surface area contributed by atoms with Gasteiger partial charge in [-0.2, -0.15) is 4.99 Å². The van der Waals surface area contributed by atoms with Crippen molar-refractivity contribution in [3.8, 4) is 0 Å². The van der Waals surface area contributed by atoms with Crippen LogP contribution < -0.4 is 15.9 Å². The summed E-state index contributed by atoms with van der Waals surface area (Å²) >= 11 is 0. The van der Waals surface area contributed by atoms with Gasteiger partial charge in [-0.05, 0) is 40.7 Å². The summed E-state index contributed by atoms with van der Waals surface area (Å²) in [4.78, 5) is 31.4. The lowest BCUT2D eigenvalue weighted by atomic mass is 10.2. The molecule has 0 aliphatic carbocycles. The Morgan fingerprint density at radius 3 is 1.39 bits per heavy atom. The van der Waals surface area contributed by atoms with Crippen LogP contribution in [0.25, 0.3) is 0 Å². The third kappa shape index (κ3) is 5.37. The molecule has 6 heteroatoms. The first-order valence-electron chi connectivity index (χ1n) is 11.9. The van der Waals surface area contributed by atoms with Gasteiger partial charge in [0.05, 0.1) is 25.2 Å². The number of hydrogen-bond donors (Lipinski definition) is 0. The minimum atomic E-state index is -3.01. The SMILES string of the molecule is COC(=O)C(=C=C=Nc1ccccc1)C(C(=O)OC)=P(c1ccccc1)(c1ccccc1)c1ccccc1. The van der Waals surface area contributed by atoms with E-state index in [1.54, 1.807) is 12.1 Å². The van der Waals surface area contributed by atoms with E-state index in [4.69, 9.17) is 9.47 Å². The van der Waals surface area contributed by atoms with E-state index in [0.29, 0.717) is 5.69 Å². The minimum absolute atomic E-state index is 0.0936. The van der Waals surface area contributed by atoms with Crippen LogP contribution in [0.5, 0.6) is 0 Å². The van der Waals surface area contributed by atoms with Crippen molar-refractivity contribution in [1.29, 1.82) is 0 Å². The number of methoxy groups -OCH3 is 2. The van der Waals surface area contributed by atoms with Crippen molar-refractivity contribution in [2.24, 2.45) is 4.99 Å². The lowest BCUT2D eigenvalue weighted by Gasteiger charge is -2.31. The molecule has 188 valence electrons. The molecule has 0 fully saturated rings. The number of benzene rings is 4. The Bertz CT molecular complexity index is 1460. The highest BCUT2D eigenvalue weighted by atomic mass is 31.2. The molecule has 0 aliphatic rings. The summed E-state index contributed by atoms with van der Waals surface area (Å²) in [6.07, 6.45) is 0. The number of aliphatic imine (C=N–C) groups is 1. The van der Waals surface area contributed by atoms with Crippen LogP contribution in [0.4, 0.5) is 5.69 Å². The smallest absolute Gasteiger partial charge is 0.347 e. The molecule has 0 saturated heterocycles. The Morgan fingerprint density at radius 2 is 1.00 bits per heavy atom. The molecule has 0 atom stereocenters. The van der Waals surface area contributed by atoms with E-state index in [9.17, 15) is 9.59 Å². The summed E-state index contributed by atoms with van der Waals surface area (Å²) in [6, 6.07) is 38.2. The maximum Gasteiger partial charge on any atom is 0.347 e. The second-order valence-electron chi connectivity index (χ2n) is 8.07. The van der Waals surface area contributed by atoms with Gasteiger partial charge in [0.1, 0.15) is 5.57 Å². The molecule has 0 saturated carbocycles. The molecule has 0 aliphatic heterocycles. The maximum absolute atomic E-state index is 13.8. The van der Waals surface area contributed by atoms with E-state index in [2.05, 4.69) is 16.6 Å². The highest BCUT2D eigenvalue weighted by molar-refractivity contribution is 7.96. The molecule has 0 amide bonds. The number of carbonyl (C=O) groups excluding carboxylic acids is 2. The molecule has 4 rings (SSSR count). The summed E-state index contributed by atoms with van der Waals surface area (Å²) in [7, 11) is 2.57. The topological polar surface area (TPSA) is 65.0 Å². The molecule has 0 radical (unpaired) electrons. The molecule has 5 nitrogen and oxygen atoms in total. The van der Waals surface area contributed by atoms with Crippen molar-refractivity contribution >= 4 is 51.6 Å². The molecular weight excluding hydrogens is 493 g/mol. The van der Waals surface area contributed by atoms with Crippen LogP contribution in [0.2, 0.25) is 0 Å². The van der Waals surface area contributed by atoms with Gasteiger partial charge in [-0.25, -0.2) is 9.59 Å². The Hall–Kier alpha value is -4.65. The highest BCUT2D eigenvalue weighted by Crippen LogP contribution is 2.48. The quantitative estimate of drug-likeness (QED) is 0.118. The number of ether oxygens (including phenoxy) is 2. The fourth-order valence-electron chi connectivity index (χ4n) is 4.25. The first-order valence-corrected chi connectivity index (χ1v) is 13.7. The third-order valence-corrected chi connectivity index (χ3v) is 10.2. The van der Waals surface area contributed by atoms with Gasteiger partial charge in [-0.15, -0.1) is 0 Å². The second-order valence-corrected chi connectivity index (χ2v) is 11.4. The summed E-state index contributed by atoms with van der Waals surface area (Å²) in [5.74, 6) is 1.32. The molecule has 0 N–H and O–H groups in total. The van der Waals surface area contributed by atoms with Crippen molar-refractivity contribution in [3.05, 3.63) is 133 Å². The van der Waals surface area contributed by atoms with Crippen molar-refractivity contribution in [2.45, 2.75) is 0 Å². The van der Waals surface area contributed by atoms with Crippen LogP contribution in [-0.2, 0) is 19.1 Å². The second kappa shape index (κ2) is 12.5. The molecule has 4 aromatic rings. The van der Waals surface area contributed by atoms with E-state index < -0.39 is 18.8 Å². The average molecular weight is 520 g/mol. The zero-order chi connectivity index (χ0) is 26.8. The van der Waals surface area contributed by atoms with E-state index in [1.165, 1.54) is 14.2 Å². The lowest BCUT2D eigenvalue weighted by Crippen LogP contribution is -2.36. The van der Waals surface area contributed by atoms with Crippen LogP contribution in [-0.4, -0.2) is 37.3 Å². The van der Waals surface area contributed by atoms with Gasteiger partial charge in [-0.3, -0.25) is 0 Å². The Balaban J connectivity index is 2.30. The molecule has 0 heterocycles. The van der Waals surface area contributed by atoms with Crippen molar-refractivity contribution in [1.82, 2.24) is 0 Å².